The van der Waals surface area contributed by atoms with Crippen LogP contribution in [0.1, 0.15) is 25.7 Å². The molecule has 8 heteroatoms. The largest absolute Gasteiger partial charge is 0.345 e. The first-order chi connectivity index (χ1) is 9.90. The highest BCUT2D eigenvalue weighted by molar-refractivity contribution is 14.1. The highest BCUT2D eigenvalue weighted by atomic mass is 127. The van der Waals surface area contributed by atoms with Crippen molar-refractivity contribution in [2.75, 3.05) is 23.4 Å². The lowest BCUT2D eigenvalue weighted by Crippen LogP contribution is -2.48. The summed E-state index contributed by atoms with van der Waals surface area (Å²) in [6.07, 6.45) is 5.20. The van der Waals surface area contributed by atoms with Crippen LogP contribution in [0.2, 0.25) is 0 Å². The highest BCUT2D eigenvalue weighted by Gasteiger charge is 2.48. The number of rotatable bonds is 1. The average Bonchev–Trinajstić information content (AvgIpc) is 2.94. The SMILES string of the molecule is CN1C(=O)C(F)(F)CN(C2CCCC2)c2nc(I)ncc21. The van der Waals surface area contributed by atoms with Gasteiger partial charge < -0.3 is 9.80 Å². The molecule has 0 unspecified atom stereocenters. The van der Waals surface area contributed by atoms with E-state index in [-0.39, 0.29) is 6.04 Å². The minimum absolute atomic E-state index is 0.0135. The zero-order chi connectivity index (χ0) is 15.2. The van der Waals surface area contributed by atoms with Crippen molar-refractivity contribution in [1.82, 2.24) is 9.97 Å². The third-order valence-corrected chi connectivity index (χ3v) is 4.63. The third-order valence-electron chi connectivity index (χ3n) is 4.11. The van der Waals surface area contributed by atoms with Gasteiger partial charge in [0.25, 0.3) is 5.91 Å². The summed E-state index contributed by atoms with van der Waals surface area (Å²) in [5.41, 5.74) is 0.351. The Kier molecular flexibility index (Phi) is 3.74. The molecule has 114 valence electrons. The Morgan fingerprint density at radius 2 is 2.05 bits per heavy atom. The number of halogens is 3. The van der Waals surface area contributed by atoms with Crippen LogP contribution in [0.25, 0.3) is 0 Å². The maximum atomic E-state index is 14.2. The van der Waals surface area contributed by atoms with Gasteiger partial charge in [-0.1, -0.05) is 12.8 Å². The van der Waals surface area contributed by atoms with E-state index in [0.717, 1.165) is 30.6 Å². The first-order valence-corrected chi connectivity index (χ1v) is 7.93. The number of fused-ring (bicyclic) bond motifs is 1. The summed E-state index contributed by atoms with van der Waals surface area (Å²) in [7, 11) is 1.35. The summed E-state index contributed by atoms with van der Waals surface area (Å²) < 4.78 is 28.9. The average molecular weight is 408 g/mol. The summed E-state index contributed by atoms with van der Waals surface area (Å²) in [6.45, 7) is -0.610. The maximum Gasteiger partial charge on any atom is 0.342 e. The van der Waals surface area contributed by atoms with Crippen molar-refractivity contribution in [3.8, 4) is 0 Å². The van der Waals surface area contributed by atoms with Gasteiger partial charge in [0.15, 0.2) is 9.65 Å². The minimum atomic E-state index is -3.41. The monoisotopic (exact) mass is 408 g/mol. The van der Waals surface area contributed by atoms with E-state index in [9.17, 15) is 13.6 Å². The molecule has 0 saturated heterocycles. The summed E-state index contributed by atoms with van der Waals surface area (Å²) in [4.78, 5) is 22.9. The fourth-order valence-corrected chi connectivity index (χ4v) is 3.39. The summed E-state index contributed by atoms with van der Waals surface area (Å²) >= 11 is 1.95. The van der Waals surface area contributed by atoms with Crippen LogP contribution < -0.4 is 9.80 Å². The maximum absolute atomic E-state index is 14.2. The van der Waals surface area contributed by atoms with Gasteiger partial charge >= 0.3 is 5.92 Å². The fourth-order valence-electron chi connectivity index (χ4n) is 3.02. The van der Waals surface area contributed by atoms with Gasteiger partial charge in [0.05, 0.1) is 12.7 Å². The summed E-state index contributed by atoms with van der Waals surface area (Å²) in [6, 6.07) is 0.0135. The molecule has 0 aromatic carbocycles. The van der Waals surface area contributed by atoms with Crippen LogP contribution in [0.4, 0.5) is 20.3 Å². The lowest BCUT2D eigenvalue weighted by atomic mass is 10.2. The van der Waals surface area contributed by atoms with E-state index in [4.69, 9.17) is 0 Å². The molecule has 0 radical (unpaired) electrons. The van der Waals surface area contributed by atoms with Crippen LogP contribution in [0.15, 0.2) is 6.20 Å². The molecule has 5 nitrogen and oxygen atoms in total. The van der Waals surface area contributed by atoms with Gasteiger partial charge in [-0.05, 0) is 12.8 Å². The normalized spacial score (nSPS) is 22.4. The molecule has 1 aromatic heterocycles. The molecule has 0 N–H and O–H groups in total. The fraction of sp³-hybridized carbons (Fsp3) is 0.615. The van der Waals surface area contributed by atoms with Crippen LogP contribution in [0, 0.1) is 3.83 Å². The molecular weight excluding hydrogens is 393 g/mol. The van der Waals surface area contributed by atoms with E-state index in [1.54, 1.807) is 4.90 Å². The zero-order valence-corrected chi connectivity index (χ0v) is 13.7. The molecule has 1 aliphatic heterocycles. The van der Waals surface area contributed by atoms with Crippen LogP contribution in [0.3, 0.4) is 0 Å². The number of nitrogens with zero attached hydrogens (tertiary/aromatic N) is 4. The number of aromatic nitrogens is 2. The topological polar surface area (TPSA) is 49.3 Å². The lowest BCUT2D eigenvalue weighted by molar-refractivity contribution is -0.140. The van der Waals surface area contributed by atoms with Crippen LogP contribution in [0.5, 0.6) is 0 Å². The lowest BCUT2D eigenvalue weighted by Gasteiger charge is -2.30. The second-order valence-electron chi connectivity index (χ2n) is 5.48. The predicted octanol–water partition coefficient (Wildman–Crippen LogP) is 2.44. The van der Waals surface area contributed by atoms with Crippen LogP contribution in [-0.4, -0.2) is 41.4 Å². The number of anilines is 2. The molecule has 2 heterocycles. The second-order valence-corrected chi connectivity index (χ2v) is 6.45. The molecule has 1 amide bonds. The molecular formula is C13H15F2IN4O. The van der Waals surface area contributed by atoms with Crippen LogP contribution in [-0.2, 0) is 4.79 Å². The number of amides is 1. The summed E-state index contributed by atoms with van der Waals surface area (Å²) in [5.74, 6) is -4.17. The van der Waals surface area contributed by atoms with Crippen molar-refractivity contribution in [2.45, 2.75) is 37.6 Å². The van der Waals surface area contributed by atoms with Crippen molar-refractivity contribution in [2.24, 2.45) is 0 Å². The van der Waals surface area contributed by atoms with E-state index in [1.807, 2.05) is 22.6 Å². The minimum Gasteiger partial charge on any atom is -0.345 e. The van der Waals surface area contributed by atoms with Crippen LogP contribution >= 0.6 is 22.6 Å². The Bertz CT molecular complexity index is 577. The van der Waals surface area contributed by atoms with Crippen molar-refractivity contribution < 1.29 is 13.6 Å². The van der Waals surface area contributed by atoms with Gasteiger partial charge in [0.1, 0.15) is 5.69 Å². The Balaban J connectivity index is 2.12. The first kappa shape index (κ1) is 14.9. The van der Waals surface area contributed by atoms with E-state index >= 15 is 0 Å². The molecule has 1 aromatic rings. The number of alkyl halides is 2. The Morgan fingerprint density at radius 3 is 2.71 bits per heavy atom. The van der Waals surface area contributed by atoms with E-state index in [0.29, 0.717) is 15.3 Å². The number of hydrogen-bond acceptors (Lipinski definition) is 4. The van der Waals surface area contributed by atoms with Gasteiger partial charge in [0.2, 0.25) is 0 Å². The third kappa shape index (κ3) is 2.58. The van der Waals surface area contributed by atoms with Crippen molar-refractivity contribution in [1.29, 1.82) is 0 Å². The van der Waals surface area contributed by atoms with E-state index < -0.39 is 18.4 Å². The Morgan fingerprint density at radius 1 is 1.38 bits per heavy atom. The van der Waals surface area contributed by atoms with Gasteiger partial charge in [0, 0.05) is 35.7 Å². The van der Waals surface area contributed by atoms with Gasteiger partial charge in [-0.25, -0.2) is 9.97 Å². The van der Waals surface area contributed by atoms with E-state index in [2.05, 4.69) is 9.97 Å². The molecule has 0 bridgehead atoms. The molecule has 1 fully saturated rings. The molecule has 0 spiro atoms. The Labute approximate surface area is 134 Å². The molecule has 21 heavy (non-hydrogen) atoms. The molecule has 3 rings (SSSR count). The van der Waals surface area contributed by atoms with Crippen molar-refractivity contribution in [3.05, 3.63) is 10.0 Å². The van der Waals surface area contributed by atoms with Crippen molar-refractivity contribution in [3.63, 3.8) is 0 Å². The first-order valence-electron chi connectivity index (χ1n) is 6.85. The molecule has 1 aliphatic carbocycles. The number of hydrogen-bond donors (Lipinski definition) is 0. The number of carbonyl (C=O) groups excluding carboxylic acids is 1. The number of carbonyl (C=O) groups is 1. The molecule has 2 aliphatic rings. The van der Waals surface area contributed by atoms with Gasteiger partial charge in [-0.2, -0.15) is 8.78 Å². The standard InChI is InChI=1S/C13H15F2IN4O/c1-19-9-6-17-12(16)18-10(9)20(8-4-2-3-5-8)7-13(14,15)11(19)21/h6,8H,2-5,7H2,1H3. The quantitative estimate of drug-likeness (QED) is 0.529. The Hall–Kier alpha value is -1.06. The van der Waals surface area contributed by atoms with E-state index in [1.165, 1.54) is 13.2 Å². The predicted molar refractivity (Wildman–Crippen MR) is 82.7 cm³/mol. The molecule has 1 saturated carbocycles. The second kappa shape index (κ2) is 5.29. The van der Waals surface area contributed by atoms with Gasteiger partial charge in [-0.15, -0.1) is 0 Å². The zero-order valence-electron chi connectivity index (χ0n) is 11.5. The summed E-state index contributed by atoms with van der Waals surface area (Å²) in [5, 5.41) is 0. The molecule has 0 atom stereocenters. The smallest absolute Gasteiger partial charge is 0.342 e. The van der Waals surface area contributed by atoms with Crippen molar-refractivity contribution >= 4 is 40.0 Å². The van der Waals surface area contributed by atoms with Gasteiger partial charge in [-0.3, -0.25) is 4.79 Å². The highest BCUT2D eigenvalue weighted by Crippen LogP contribution is 2.38.